The number of nitrogens with one attached hydrogen (secondary N) is 1. The number of hydrogen-bond acceptors (Lipinski definition) is 4. The maximum absolute atomic E-state index is 11.6. The van der Waals surface area contributed by atoms with Gasteiger partial charge in [-0.05, 0) is 26.2 Å². The van der Waals surface area contributed by atoms with Crippen LogP contribution in [0.15, 0.2) is 30.3 Å². The van der Waals surface area contributed by atoms with Crippen LogP contribution in [0.4, 0.5) is 0 Å². The van der Waals surface area contributed by atoms with Gasteiger partial charge in [-0.15, -0.1) is 0 Å². The standard InChI is InChI=1S/C13H18N2O2/c1-15(2)12(10-14)8-9-17-13(16)11-6-4-3-5-7-11/h3-7,10,12,14H,8-9H2,1-2H3. The third kappa shape index (κ3) is 4.36. The van der Waals surface area contributed by atoms with Crippen molar-refractivity contribution in [2.75, 3.05) is 20.7 Å². The van der Waals surface area contributed by atoms with E-state index >= 15 is 0 Å². The summed E-state index contributed by atoms with van der Waals surface area (Å²) in [7, 11) is 3.80. The number of hydrogen-bond donors (Lipinski definition) is 1. The molecule has 0 spiro atoms. The SMILES string of the molecule is CN(C)C(C=N)CCOC(=O)c1ccccc1. The summed E-state index contributed by atoms with van der Waals surface area (Å²) >= 11 is 0. The molecule has 0 fully saturated rings. The molecular weight excluding hydrogens is 216 g/mol. The molecule has 0 radical (unpaired) electrons. The molecule has 17 heavy (non-hydrogen) atoms. The summed E-state index contributed by atoms with van der Waals surface area (Å²) < 4.78 is 5.14. The van der Waals surface area contributed by atoms with Crippen molar-refractivity contribution in [2.24, 2.45) is 0 Å². The molecule has 1 aromatic carbocycles. The number of rotatable bonds is 6. The van der Waals surface area contributed by atoms with Gasteiger partial charge in [-0.1, -0.05) is 18.2 Å². The van der Waals surface area contributed by atoms with Crippen LogP contribution >= 0.6 is 0 Å². The molecule has 0 amide bonds. The van der Waals surface area contributed by atoms with Crippen LogP contribution in [-0.2, 0) is 4.74 Å². The second kappa shape index (κ2) is 6.81. The van der Waals surface area contributed by atoms with Gasteiger partial charge >= 0.3 is 5.97 Å². The molecule has 1 N–H and O–H groups in total. The Bertz CT molecular complexity index is 363. The molecule has 0 aromatic heterocycles. The summed E-state index contributed by atoms with van der Waals surface area (Å²) in [5.74, 6) is -0.312. The lowest BCUT2D eigenvalue weighted by Gasteiger charge is -2.19. The topological polar surface area (TPSA) is 53.4 Å². The minimum atomic E-state index is -0.312. The lowest BCUT2D eigenvalue weighted by atomic mass is 10.2. The van der Waals surface area contributed by atoms with Crippen molar-refractivity contribution in [3.8, 4) is 0 Å². The first-order chi connectivity index (χ1) is 8.15. The Labute approximate surface area is 102 Å². The van der Waals surface area contributed by atoms with Crippen LogP contribution in [0.25, 0.3) is 0 Å². The van der Waals surface area contributed by atoms with E-state index in [0.717, 1.165) is 0 Å². The first kappa shape index (κ1) is 13.4. The van der Waals surface area contributed by atoms with Gasteiger partial charge in [-0.2, -0.15) is 0 Å². The summed E-state index contributed by atoms with van der Waals surface area (Å²) in [6.45, 7) is 0.325. The van der Waals surface area contributed by atoms with Gasteiger partial charge in [0.2, 0.25) is 0 Å². The van der Waals surface area contributed by atoms with Gasteiger partial charge in [0.05, 0.1) is 12.2 Å². The fraction of sp³-hybridized carbons (Fsp3) is 0.385. The van der Waals surface area contributed by atoms with Crippen LogP contribution in [0.2, 0.25) is 0 Å². The van der Waals surface area contributed by atoms with Gasteiger partial charge < -0.3 is 15.0 Å². The molecule has 0 aliphatic carbocycles. The number of esters is 1. The molecule has 92 valence electrons. The molecule has 0 saturated carbocycles. The van der Waals surface area contributed by atoms with E-state index < -0.39 is 0 Å². The fourth-order valence-electron chi connectivity index (χ4n) is 1.42. The third-order valence-corrected chi connectivity index (χ3v) is 2.51. The lowest BCUT2D eigenvalue weighted by molar-refractivity contribution is 0.0485. The number of nitrogens with zero attached hydrogens (tertiary/aromatic N) is 1. The Morgan fingerprint density at radius 1 is 1.41 bits per heavy atom. The van der Waals surface area contributed by atoms with Crippen LogP contribution in [0.1, 0.15) is 16.8 Å². The predicted octanol–water partition coefficient (Wildman–Crippen LogP) is 1.81. The molecule has 0 bridgehead atoms. The number of carbonyl (C=O) groups excluding carboxylic acids is 1. The van der Waals surface area contributed by atoms with E-state index in [9.17, 15) is 4.79 Å². The quantitative estimate of drug-likeness (QED) is 0.603. The normalized spacial score (nSPS) is 12.2. The van der Waals surface area contributed by atoms with Gasteiger partial charge in [-0.25, -0.2) is 4.79 Å². The summed E-state index contributed by atoms with van der Waals surface area (Å²) in [4.78, 5) is 13.5. The zero-order valence-corrected chi connectivity index (χ0v) is 10.2. The van der Waals surface area contributed by atoms with Crippen molar-refractivity contribution >= 4 is 12.2 Å². The van der Waals surface area contributed by atoms with E-state index in [2.05, 4.69) is 0 Å². The van der Waals surface area contributed by atoms with E-state index in [1.165, 1.54) is 6.21 Å². The average Bonchev–Trinajstić information content (AvgIpc) is 2.35. The highest BCUT2D eigenvalue weighted by Crippen LogP contribution is 2.03. The molecule has 0 heterocycles. The molecule has 1 rings (SSSR count). The Hall–Kier alpha value is -1.68. The highest BCUT2D eigenvalue weighted by Gasteiger charge is 2.10. The highest BCUT2D eigenvalue weighted by atomic mass is 16.5. The van der Waals surface area contributed by atoms with E-state index in [4.69, 9.17) is 10.1 Å². The first-order valence-electron chi connectivity index (χ1n) is 5.54. The molecule has 0 aliphatic rings. The lowest BCUT2D eigenvalue weighted by Crippen LogP contribution is -2.30. The van der Waals surface area contributed by atoms with Crippen LogP contribution in [0.3, 0.4) is 0 Å². The number of carbonyl (C=O) groups is 1. The van der Waals surface area contributed by atoms with Crippen molar-refractivity contribution < 1.29 is 9.53 Å². The summed E-state index contributed by atoms with van der Waals surface area (Å²) in [5.41, 5.74) is 0.559. The average molecular weight is 234 g/mol. The van der Waals surface area contributed by atoms with E-state index in [1.807, 2.05) is 25.1 Å². The molecule has 4 nitrogen and oxygen atoms in total. The summed E-state index contributed by atoms with van der Waals surface area (Å²) in [6, 6.07) is 8.92. The second-order valence-electron chi connectivity index (χ2n) is 3.99. The Kier molecular flexibility index (Phi) is 5.36. The van der Waals surface area contributed by atoms with E-state index in [1.54, 1.807) is 24.3 Å². The van der Waals surface area contributed by atoms with Gasteiger partial charge in [0, 0.05) is 18.7 Å². The van der Waals surface area contributed by atoms with Crippen LogP contribution in [-0.4, -0.2) is 43.8 Å². The minimum absolute atomic E-state index is 0.0126. The molecule has 0 saturated heterocycles. The number of benzene rings is 1. The van der Waals surface area contributed by atoms with Crippen molar-refractivity contribution in [1.82, 2.24) is 4.90 Å². The zero-order valence-electron chi connectivity index (χ0n) is 10.2. The van der Waals surface area contributed by atoms with Crippen molar-refractivity contribution in [3.63, 3.8) is 0 Å². The monoisotopic (exact) mass is 234 g/mol. The molecule has 1 aromatic rings. The molecular formula is C13H18N2O2. The predicted molar refractivity (Wildman–Crippen MR) is 67.6 cm³/mol. The van der Waals surface area contributed by atoms with Crippen LogP contribution in [0.5, 0.6) is 0 Å². The second-order valence-corrected chi connectivity index (χ2v) is 3.99. The fourth-order valence-corrected chi connectivity index (χ4v) is 1.42. The number of ether oxygens (including phenoxy) is 1. The molecule has 1 unspecified atom stereocenters. The first-order valence-corrected chi connectivity index (χ1v) is 5.54. The largest absolute Gasteiger partial charge is 0.462 e. The van der Waals surface area contributed by atoms with E-state index in [-0.39, 0.29) is 12.0 Å². The van der Waals surface area contributed by atoms with Gasteiger partial charge in [0.15, 0.2) is 0 Å². The molecule has 1 atom stereocenters. The Morgan fingerprint density at radius 2 is 2.06 bits per heavy atom. The minimum Gasteiger partial charge on any atom is -0.462 e. The van der Waals surface area contributed by atoms with Crippen molar-refractivity contribution in [1.29, 1.82) is 5.41 Å². The van der Waals surface area contributed by atoms with Crippen molar-refractivity contribution in [3.05, 3.63) is 35.9 Å². The third-order valence-electron chi connectivity index (χ3n) is 2.51. The maximum atomic E-state index is 11.6. The summed E-state index contributed by atoms with van der Waals surface area (Å²) in [6.07, 6.45) is 1.99. The Morgan fingerprint density at radius 3 is 2.59 bits per heavy atom. The van der Waals surface area contributed by atoms with Gasteiger partial charge in [-0.3, -0.25) is 0 Å². The van der Waals surface area contributed by atoms with Gasteiger partial charge in [0.25, 0.3) is 0 Å². The van der Waals surface area contributed by atoms with Crippen molar-refractivity contribution in [2.45, 2.75) is 12.5 Å². The van der Waals surface area contributed by atoms with Gasteiger partial charge in [0.1, 0.15) is 0 Å². The van der Waals surface area contributed by atoms with E-state index in [0.29, 0.717) is 18.6 Å². The zero-order chi connectivity index (χ0) is 12.7. The smallest absolute Gasteiger partial charge is 0.338 e. The van der Waals surface area contributed by atoms with Crippen LogP contribution in [0, 0.1) is 5.41 Å². The highest BCUT2D eigenvalue weighted by molar-refractivity contribution is 5.89. The molecule has 4 heteroatoms. The molecule has 0 aliphatic heterocycles. The Balaban J connectivity index is 2.37. The maximum Gasteiger partial charge on any atom is 0.338 e. The summed E-state index contributed by atoms with van der Waals surface area (Å²) in [5, 5.41) is 7.23. The van der Waals surface area contributed by atoms with Crippen LogP contribution < -0.4 is 0 Å².